The van der Waals surface area contributed by atoms with Gasteiger partial charge in [0.25, 0.3) is 0 Å². The van der Waals surface area contributed by atoms with Crippen molar-refractivity contribution in [3.63, 3.8) is 0 Å². The van der Waals surface area contributed by atoms with E-state index in [1.807, 2.05) is 0 Å². The molecule has 0 aromatic carbocycles. The van der Waals surface area contributed by atoms with Crippen LogP contribution < -0.4 is 0 Å². The van der Waals surface area contributed by atoms with E-state index in [4.69, 9.17) is 14.2 Å². The summed E-state index contributed by atoms with van der Waals surface area (Å²) in [7, 11) is 0. The number of allylic oxidation sites excluding steroid dienone is 2. The van der Waals surface area contributed by atoms with Gasteiger partial charge in [-0.3, -0.25) is 14.4 Å². The summed E-state index contributed by atoms with van der Waals surface area (Å²) in [6, 6.07) is 0. The van der Waals surface area contributed by atoms with Gasteiger partial charge in [-0.15, -0.1) is 0 Å². The van der Waals surface area contributed by atoms with Crippen molar-refractivity contribution < 1.29 is 28.6 Å². The summed E-state index contributed by atoms with van der Waals surface area (Å²) in [5.74, 6) is -0.837. The van der Waals surface area contributed by atoms with Crippen molar-refractivity contribution in [1.29, 1.82) is 0 Å². The normalized spacial score (nSPS) is 12.0. The lowest BCUT2D eigenvalue weighted by Gasteiger charge is -2.18. The minimum atomic E-state index is -0.762. The minimum absolute atomic E-state index is 0.0627. The second-order valence-corrected chi connectivity index (χ2v) is 22.7. The number of carbonyl (C=O) groups excluding carboxylic acids is 3. The van der Waals surface area contributed by atoms with Gasteiger partial charge in [0, 0.05) is 19.3 Å². The Morgan fingerprint density at radius 1 is 0.260 bits per heavy atom. The van der Waals surface area contributed by atoms with E-state index in [1.54, 1.807) is 0 Å². The highest BCUT2D eigenvalue weighted by atomic mass is 16.6. The zero-order valence-electron chi connectivity index (χ0n) is 49.7. The third kappa shape index (κ3) is 60.9. The Hall–Kier alpha value is -1.85. The summed E-state index contributed by atoms with van der Waals surface area (Å²) in [6.07, 6.45) is 74.0. The highest BCUT2D eigenvalue weighted by molar-refractivity contribution is 5.71. The summed E-state index contributed by atoms with van der Waals surface area (Å²) in [4.78, 5) is 38.1. The SMILES string of the molecule is CCCCCCCCCC/C=C\CCCCCCCCCCCCCCCCCCCCCC(=O)OCC(COC(=O)CCCCCCCCCCC)OC(=O)CCCCCCCCCCCCCCCCC. The number of esters is 3. The Balaban J connectivity index is 4.01. The van der Waals surface area contributed by atoms with E-state index >= 15 is 0 Å². The number of ether oxygens (including phenoxy) is 3. The molecule has 432 valence electrons. The van der Waals surface area contributed by atoms with Gasteiger partial charge in [0.2, 0.25) is 0 Å². The second-order valence-electron chi connectivity index (χ2n) is 22.7. The molecule has 0 radical (unpaired) electrons. The molecule has 0 aromatic heterocycles. The van der Waals surface area contributed by atoms with Gasteiger partial charge in [-0.1, -0.05) is 328 Å². The molecule has 0 saturated heterocycles. The molecule has 0 heterocycles. The van der Waals surface area contributed by atoms with Gasteiger partial charge in [0.15, 0.2) is 6.10 Å². The summed E-state index contributed by atoms with van der Waals surface area (Å²) >= 11 is 0. The van der Waals surface area contributed by atoms with Crippen LogP contribution in [0, 0.1) is 0 Å². The third-order valence-corrected chi connectivity index (χ3v) is 15.3. The van der Waals surface area contributed by atoms with Crippen LogP contribution >= 0.6 is 0 Å². The Morgan fingerprint density at radius 2 is 0.452 bits per heavy atom. The maximum Gasteiger partial charge on any atom is 0.306 e. The lowest BCUT2D eigenvalue weighted by Crippen LogP contribution is -2.30. The monoisotopic (exact) mass is 1030 g/mol. The van der Waals surface area contributed by atoms with Gasteiger partial charge in [-0.05, 0) is 44.9 Å². The van der Waals surface area contributed by atoms with Gasteiger partial charge in [-0.2, -0.15) is 0 Å². The molecule has 1 atom stereocenters. The summed E-state index contributed by atoms with van der Waals surface area (Å²) in [6.45, 7) is 6.69. The Morgan fingerprint density at radius 3 is 0.685 bits per heavy atom. The van der Waals surface area contributed by atoms with Crippen LogP contribution in [0.4, 0.5) is 0 Å². The zero-order chi connectivity index (χ0) is 52.9. The second kappa shape index (κ2) is 62.7. The molecule has 1 unspecified atom stereocenters. The third-order valence-electron chi connectivity index (χ3n) is 15.3. The van der Waals surface area contributed by atoms with Crippen molar-refractivity contribution in [3.05, 3.63) is 12.2 Å². The van der Waals surface area contributed by atoms with Crippen molar-refractivity contribution in [1.82, 2.24) is 0 Å². The molecule has 0 rings (SSSR count). The molecule has 0 bridgehead atoms. The van der Waals surface area contributed by atoms with Crippen LogP contribution in [0.1, 0.15) is 380 Å². The largest absolute Gasteiger partial charge is 0.462 e. The van der Waals surface area contributed by atoms with Crippen LogP contribution in [0.25, 0.3) is 0 Å². The maximum atomic E-state index is 12.8. The van der Waals surface area contributed by atoms with E-state index in [2.05, 4.69) is 32.9 Å². The number of hydrogen-bond acceptors (Lipinski definition) is 6. The fraction of sp³-hybridized carbons (Fsp3) is 0.925. The van der Waals surface area contributed by atoms with E-state index < -0.39 is 6.10 Å². The minimum Gasteiger partial charge on any atom is -0.462 e. The highest BCUT2D eigenvalue weighted by Gasteiger charge is 2.19. The lowest BCUT2D eigenvalue weighted by molar-refractivity contribution is -0.167. The molecule has 0 aliphatic rings. The van der Waals surface area contributed by atoms with E-state index in [-0.39, 0.29) is 31.1 Å². The highest BCUT2D eigenvalue weighted by Crippen LogP contribution is 2.18. The van der Waals surface area contributed by atoms with Crippen LogP contribution in [-0.4, -0.2) is 37.2 Å². The molecule has 0 fully saturated rings. The predicted octanol–water partition coefficient (Wildman–Crippen LogP) is 22.4. The first kappa shape index (κ1) is 71.2. The first-order valence-corrected chi connectivity index (χ1v) is 33.2. The molecule has 0 aliphatic carbocycles. The molecule has 0 amide bonds. The van der Waals surface area contributed by atoms with Gasteiger partial charge < -0.3 is 14.2 Å². The standard InChI is InChI=1S/C67H128O6/c1-4-7-10-13-16-19-21-23-25-26-27-28-29-30-31-32-33-34-35-36-37-38-39-40-42-43-45-48-51-54-57-60-66(69)72-63-64(62-71-65(68)59-56-53-50-47-18-15-12-9-6-3)73-67(70)61-58-55-52-49-46-44-41-24-22-20-17-14-11-8-5-2/h26-27,64H,4-25,28-63H2,1-3H3/b27-26-. The van der Waals surface area contributed by atoms with Gasteiger partial charge in [0.1, 0.15) is 13.2 Å². The molecule has 0 spiro atoms. The number of unbranched alkanes of at least 4 members (excludes halogenated alkanes) is 49. The average molecular weight is 1030 g/mol. The van der Waals surface area contributed by atoms with E-state index in [1.165, 1.54) is 283 Å². The molecular formula is C67H128O6. The lowest BCUT2D eigenvalue weighted by atomic mass is 10.0. The fourth-order valence-corrected chi connectivity index (χ4v) is 10.3. The fourth-order valence-electron chi connectivity index (χ4n) is 10.3. The molecule has 6 heteroatoms. The Kier molecular flexibility index (Phi) is 61.1. The number of rotatable bonds is 62. The average Bonchev–Trinajstić information content (AvgIpc) is 3.39. The van der Waals surface area contributed by atoms with Crippen LogP contribution in [-0.2, 0) is 28.6 Å². The molecule has 0 N–H and O–H groups in total. The summed E-state index contributed by atoms with van der Waals surface area (Å²) < 4.78 is 16.9. The molecular weight excluding hydrogens is 901 g/mol. The predicted molar refractivity (Wildman–Crippen MR) is 317 cm³/mol. The Bertz CT molecular complexity index is 1130. The molecule has 73 heavy (non-hydrogen) atoms. The van der Waals surface area contributed by atoms with Crippen molar-refractivity contribution in [2.45, 2.75) is 386 Å². The van der Waals surface area contributed by atoms with Crippen LogP contribution in [0.15, 0.2) is 12.2 Å². The van der Waals surface area contributed by atoms with Gasteiger partial charge in [0.05, 0.1) is 0 Å². The van der Waals surface area contributed by atoms with Crippen molar-refractivity contribution in [2.24, 2.45) is 0 Å². The summed E-state index contributed by atoms with van der Waals surface area (Å²) in [5.41, 5.74) is 0. The maximum absolute atomic E-state index is 12.8. The number of carbonyl (C=O) groups is 3. The van der Waals surface area contributed by atoms with Crippen LogP contribution in [0.3, 0.4) is 0 Å². The molecule has 6 nitrogen and oxygen atoms in total. The van der Waals surface area contributed by atoms with Crippen molar-refractivity contribution in [3.8, 4) is 0 Å². The van der Waals surface area contributed by atoms with Crippen LogP contribution in [0.5, 0.6) is 0 Å². The smallest absolute Gasteiger partial charge is 0.306 e. The van der Waals surface area contributed by atoms with Crippen LogP contribution in [0.2, 0.25) is 0 Å². The molecule has 0 aliphatic heterocycles. The van der Waals surface area contributed by atoms with E-state index in [0.29, 0.717) is 19.3 Å². The first-order valence-electron chi connectivity index (χ1n) is 33.2. The van der Waals surface area contributed by atoms with Gasteiger partial charge in [-0.25, -0.2) is 0 Å². The van der Waals surface area contributed by atoms with E-state index in [9.17, 15) is 14.4 Å². The topological polar surface area (TPSA) is 78.9 Å². The number of hydrogen-bond donors (Lipinski definition) is 0. The summed E-state index contributed by atoms with van der Waals surface area (Å²) in [5, 5.41) is 0. The molecule has 0 aromatic rings. The van der Waals surface area contributed by atoms with Crippen molar-refractivity contribution >= 4 is 17.9 Å². The van der Waals surface area contributed by atoms with E-state index in [0.717, 1.165) is 57.8 Å². The van der Waals surface area contributed by atoms with Crippen molar-refractivity contribution in [2.75, 3.05) is 13.2 Å². The quantitative estimate of drug-likeness (QED) is 0.0261. The zero-order valence-corrected chi connectivity index (χ0v) is 49.7. The first-order chi connectivity index (χ1) is 36.0. The molecule has 0 saturated carbocycles. The Labute approximate surface area is 456 Å². The van der Waals surface area contributed by atoms with Gasteiger partial charge >= 0.3 is 17.9 Å².